The highest BCUT2D eigenvalue weighted by atomic mass is 32.1. The van der Waals surface area contributed by atoms with Crippen LogP contribution in [0, 0.1) is 0 Å². The van der Waals surface area contributed by atoms with Gasteiger partial charge in [-0.3, -0.25) is 0 Å². The van der Waals surface area contributed by atoms with Crippen LogP contribution in [0.1, 0.15) is 25.3 Å². The summed E-state index contributed by atoms with van der Waals surface area (Å²) in [6.45, 7) is 3.60. The minimum absolute atomic E-state index is 0.354. The van der Waals surface area contributed by atoms with Crippen LogP contribution in [0.15, 0.2) is 16.8 Å². The van der Waals surface area contributed by atoms with Crippen LogP contribution < -0.4 is 15.0 Å². The predicted molar refractivity (Wildman–Crippen MR) is 84.1 cm³/mol. The third-order valence-corrected chi connectivity index (χ3v) is 4.03. The van der Waals surface area contributed by atoms with Gasteiger partial charge in [-0.25, -0.2) is 0 Å². The summed E-state index contributed by atoms with van der Waals surface area (Å²) in [5.74, 6) is 1.25. The number of nitrogens with one attached hydrogen (secondary N) is 1. The molecule has 1 aliphatic rings. The average molecular weight is 305 g/mol. The summed E-state index contributed by atoms with van der Waals surface area (Å²) < 4.78 is 5.20. The number of rotatable bonds is 7. The minimum atomic E-state index is 0.354. The predicted octanol–water partition coefficient (Wildman–Crippen LogP) is 2.54. The molecule has 0 atom stereocenters. The molecule has 0 bridgehead atoms. The standard InChI is InChI=1S/C14H19N5OS/c1-3-15-12-16-13(18-14(17-12)20-2)19(11-4-5-11)8-10-6-7-21-9-10/h6-7,9,11H,3-5,8H2,1-2H3,(H,15,16,17,18). The zero-order valence-corrected chi connectivity index (χ0v) is 13.1. The Morgan fingerprint density at radius 2 is 2.24 bits per heavy atom. The molecule has 7 heteroatoms. The molecule has 2 heterocycles. The molecule has 0 saturated heterocycles. The lowest BCUT2D eigenvalue weighted by Gasteiger charge is -2.22. The lowest BCUT2D eigenvalue weighted by molar-refractivity contribution is 0.378. The first-order valence-corrected chi connectivity index (χ1v) is 8.06. The summed E-state index contributed by atoms with van der Waals surface area (Å²) in [5.41, 5.74) is 1.29. The highest BCUT2D eigenvalue weighted by Gasteiger charge is 2.31. The number of aromatic nitrogens is 3. The third kappa shape index (κ3) is 3.41. The number of anilines is 2. The molecule has 112 valence electrons. The van der Waals surface area contributed by atoms with E-state index in [-0.39, 0.29) is 0 Å². The van der Waals surface area contributed by atoms with Crippen molar-refractivity contribution in [2.75, 3.05) is 23.9 Å². The maximum Gasteiger partial charge on any atom is 0.322 e. The maximum absolute atomic E-state index is 5.20. The number of nitrogens with zero attached hydrogens (tertiary/aromatic N) is 4. The Hall–Kier alpha value is -1.89. The second kappa shape index (κ2) is 6.26. The number of hydrogen-bond donors (Lipinski definition) is 1. The van der Waals surface area contributed by atoms with Gasteiger partial charge in [0.25, 0.3) is 0 Å². The van der Waals surface area contributed by atoms with E-state index in [1.54, 1.807) is 18.4 Å². The van der Waals surface area contributed by atoms with Crippen LogP contribution in [0.2, 0.25) is 0 Å². The molecule has 1 saturated carbocycles. The molecule has 21 heavy (non-hydrogen) atoms. The average Bonchev–Trinajstić information content (AvgIpc) is 3.21. The minimum Gasteiger partial charge on any atom is -0.467 e. The quantitative estimate of drug-likeness (QED) is 0.848. The molecular weight excluding hydrogens is 286 g/mol. The van der Waals surface area contributed by atoms with Crippen molar-refractivity contribution in [2.24, 2.45) is 0 Å². The van der Waals surface area contributed by atoms with Gasteiger partial charge in [-0.2, -0.15) is 26.3 Å². The Kier molecular flexibility index (Phi) is 4.19. The van der Waals surface area contributed by atoms with E-state index < -0.39 is 0 Å². The highest BCUT2D eigenvalue weighted by molar-refractivity contribution is 7.07. The molecule has 2 aromatic heterocycles. The van der Waals surface area contributed by atoms with Gasteiger partial charge >= 0.3 is 6.01 Å². The zero-order valence-electron chi connectivity index (χ0n) is 12.2. The first-order valence-electron chi connectivity index (χ1n) is 7.11. The Morgan fingerprint density at radius 1 is 1.38 bits per heavy atom. The fraction of sp³-hybridized carbons (Fsp3) is 0.500. The topological polar surface area (TPSA) is 63.2 Å². The second-order valence-corrected chi connectivity index (χ2v) is 5.75. The Morgan fingerprint density at radius 3 is 2.86 bits per heavy atom. The van der Waals surface area contributed by atoms with Crippen LogP contribution in [0.5, 0.6) is 6.01 Å². The SMILES string of the molecule is CCNc1nc(OC)nc(N(Cc2ccsc2)C2CC2)n1. The Balaban J connectivity index is 1.88. The normalized spacial score (nSPS) is 14.0. The van der Waals surface area contributed by atoms with Gasteiger partial charge in [-0.15, -0.1) is 0 Å². The van der Waals surface area contributed by atoms with Crippen molar-refractivity contribution in [1.29, 1.82) is 0 Å². The van der Waals surface area contributed by atoms with Crippen LogP contribution in [-0.2, 0) is 6.54 Å². The fourth-order valence-corrected chi connectivity index (χ4v) is 2.79. The molecule has 1 N–H and O–H groups in total. The van der Waals surface area contributed by atoms with E-state index >= 15 is 0 Å². The van der Waals surface area contributed by atoms with E-state index in [0.717, 1.165) is 13.1 Å². The maximum atomic E-state index is 5.20. The third-order valence-electron chi connectivity index (χ3n) is 3.30. The van der Waals surface area contributed by atoms with Crippen molar-refractivity contribution in [2.45, 2.75) is 32.4 Å². The number of thiophene rings is 1. The molecule has 0 spiro atoms. The first kappa shape index (κ1) is 14.1. The van der Waals surface area contributed by atoms with Crippen LogP contribution in [0.3, 0.4) is 0 Å². The first-order chi connectivity index (χ1) is 10.3. The van der Waals surface area contributed by atoms with Gasteiger partial charge in [0.1, 0.15) is 0 Å². The van der Waals surface area contributed by atoms with E-state index in [2.05, 4.69) is 42.0 Å². The Bertz CT molecular complexity index is 585. The van der Waals surface area contributed by atoms with Crippen molar-refractivity contribution in [3.8, 4) is 6.01 Å². The molecule has 0 aromatic carbocycles. The van der Waals surface area contributed by atoms with Gasteiger partial charge in [0, 0.05) is 19.1 Å². The molecule has 1 aliphatic carbocycles. The smallest absolute Gasteiger partial charge is 0.322 e. The number of methoxy groups -OCH3 is 1. The largest absolute Gasteiger partial charge is 0.467 e. The molecule has 0 aliphatic heterocycles. The summed E-state index contributed by atoms with van der Waals surface area (Å²) in [6.07, 6.45) is 2.38. The summed E-state index contributed by atoms with van der Waals surface area (Å²) in [7, 11) is 1.58. The van der Waals surface area contributed by atoms with Crippen LogP contribution in [-0.4, -0.2) is 34.6 Å². The van der Waals surface area contributed by atoms with Crippen molar-refractivity contribution in [3.05, 3.63) is 22.4 Å². The van der Waals surface area contributed by atoms with Gasteiger partial charge in [0.15, 0.2) is 0 Å². The molecule has 1 fully saturated rings. The molecule has 0 radical (unpaired) electrons. The summed E-state index contributed by atoms with van der Waals surface area (Å²) >= 11 is 1.71. The van der Waals surface area contributed by atoms with Crippen molar-refractivity contribution in [3.63, 3.8) is 0 Å². The monoisotopic (exact) mass is 305 g/mol. The summed E-state index contributed by atoms with van der Waals surface area (Å²) in [6, 6.07) is 3.02. The number of hydrogen-bond acceptors (Lipinski definition) is 7. The van der Waals surface area contributed by atoms with E-state index in [0.29, 0.717) is 23.9 Å². The van der Waals surface area contributed by atoms with E-state index in [1.165, 1.54) is 18.4 Å². The van der Waals surface area contributed by atoms with E-state index in [1.807, 2.05) is 6.92 Å². The Labute approximate surface area is 128 Å². The molecular formula is C14H19N5OS. The fourth-order valence-electron chi connectivity index (χ4n) is 2.13. The summed E-state index contributed by atoms with van der Waals surface area (Å²) in [5, 5.41) is 7.39. The number of ether oxygens (including phenoxy) is 1. The van der Waals surface area contributed by atoms with Gasteiger partial charge in [0.2, 0.25) is 11.9 Å². The van der Waals surface area contributed by atoms with Crippen LogP contribution in [0.25, 0.3) is 0 Å². The molecule has 3 rings (SSSR count). The molecule has 0 unspecified atom stereocenters. The van der Waals surface area contributed by atoms with E-state index in [9.17, 15) is 0 Å². The van der Waals surface area contributed by atoms with Gasteiger partial charge < -0.3 is 15.0 Å². The molecule has 6 nitrogen and oxygen atoms in total. The zero-order chi connectivity index (χ0) is 14.7. The van der Waals surface area contributed by atoms with Crippen molar-refractivity contribution < 1.29 is 4.74 Å². The van der Waals surface area contributed by atoms with Crippen LogP contribution >= 0.6 is 11.3 Å². The van der Waals surface area contributed by atoms with Gasteiger partial charge in [0.05, 0.1) is 7.11 Å². The lowest BCUT2D eigenvalue weighted by atomic mass is 10.3. The highest BCUT2D eigenvalue weighted by Crippen LogP contribution is 2.32. The van der Waals surface area contributed by atoms with Crippen LogP contribution in [0.4, 0.5) is 11.9 Å². The lowest BCUT2D eigenvalue weighted by Crippen LogP contribution is -2.27. The van der Waals surface area contributed by atoms with E-state index in [4.69, 9.17) is 4.74 Å². The summed E-state index contributed by atoms with van der Waals surface area (Å²) in [4.78, 5) is 15.4. The van der Waals surface area contributed by atoms with Crippen molar-refractivity contribution >= 4 is 23.2 Å². The second-order valence-electron chi connectivity index (χ2n) is 4.97. The van der Waals surface area contributed by atoms with Gasteiger partial charge in [-0.1, -0.05) is 0 Å². The molecule has 0 amide bonds. The van der Waals surface area contributed by atoms with Crippen molar-refractivity contribution in [1.82, 2.24) is 15.0 Å². The molecule has 2 aromatic rings. The van der Waals surface area contributed by atoms with Gasteiger partial charge in [-0.05, 0) is 42.2 Å².